The summed E-state index contributed by atoms with van der Waals surface area (Å²) in [4.78, 5) is 10.3. The van der Waals surface area contributed by atoms with Crippen LogP contribution in [0.3, 0.4) is 0 Å². The van der Waals surface area contributed by atoms with E-state index in [4.69, 9.17) is 16.7 Å². The van der Waals surface area contributed by atoms with E-state index in [2.05, 4.69) is 4.74 Å². The molecule has 0 aliphatic heterocycles. The maximum atomic E-state index is 12.8. The lowest BCUT2D eigenvalue weighted by Gasteiger charge is -2.20. The van der Waals surface area contributed by atoms with Gasteiger partial charge in [-0.2, -0.15) is 13.2 Å². The Morgan fingerprint density at radius 1 is 1.44 bits per heavy atom. The Morgan fingerprint density at radius 2 is 2.06 bits per heavy atom. The second kappa shape index (κ2) is 5.43. The van der Waals surface area contributed by atoms with Gasteiger partial charge < -0.3 is 9.84 Å². The zero-order valence-corrected chi connectivity index (χ0v) is 9.43. The van der Waals surface area contributed by atoms with Gasteiger partial charge in [-0.1, -0.05) is 11.6 Å². The van der Waals surface area contributed by atoms with Crippen molar-refractivity contribution in [2.45, 2.75) is 18.7 Å². The van der Waals surface area contributed by atoms with Gasteiger partial charge in [0.2, 0.25) is 6.10 Å². The van der Waals surface area contributed by atoms with E-state index in [0.29, 0.717) is 0 Å². The minimum atomic E-state index is -4.85. The van der Waals surface area contributed by atoms with Crippen LogP contribution in [0.1, 0.15) is 6.42 Å². The van der Waals surface area contributed by atoms with Gasteiger partial charge in [0.15, 0.2) is 0 Å². The van der Waals surface area contributed by atoms with Crippen LogP contribution in [0.15, 0.2) is 18.2 Å². The number of aliphatic carboxylic acids is 1. The van der Waals surface area contributed by atoms with Crippen molar-refractivity contribution in [1.82, 2.24) is 0 Å². The summed E-state index contributed by atoms with van der Waals surface area (Å²) in [5.74, 6) is -2.83. The molecule has 0 bridgehead atoms. The van der Waals surface area contributed by atoms with E-state index in [0.717, 1.165) is 18.2 Å². The molecule has 100 valence electrons. The number of carboxylic acid groups (broad SMARTS) is 1. The van der Waals surface area contributed by atoms with Gasteiger partial charge in [0.05, 0.1) is 11.4 Å². The molecule has 0 fully saturated rings. The molecular formula is C10H7ClF4O3. The average molecular weight is 287 g/mol. The van der Waals surface area contributed by atoms with Crippen LogP contribution in [0.2, 0.25) is 5.02 Å². The molecule has 0 spiro atoms. The van der Waals surface area contributed by atoms with Crippen molar-refractivity contribution in [2.24, 2.45) is 0 Å². The maximum absolute atomic E-state index is 12.8. The first-order chi connectivity index (χ1) is 8.20. The summed E-state index contributed by atoms with van der Waals surface area (Å²) in [7, 11) is 0. The normalized spacial score (nSPS) is 13.2. The van der Waals surface area contributed by atoms with Gasteiger partial charge >= 0.3 is 12.1 Å². The van der Waals surface area contributed by atoms with Crippen LogP contribution in [0.4, 0.5) is 17.6 Å². The highest BCUT2D eigenvalue weighted by Gasteiger charge is 2.43. The molecule has 0 heterocycles. The smallest absolute Gasteiger partial charge is 0.425 e. The Labute approximate surface area is 104 Å². The number of rotatable bonds is 4. The number of carbonyl (C=O) groups is 1. The molecule has 0 aromatic heterocycles. The number of alkyl halides is 3. The lowest BCUT2D eigenvalue weighted by atomic mass is 10.2. The maximum Gasteiger partial charge on any atom is 0.425 e. The largest absolute Gasteiger partial charge is 0.481 e. The van der Waals surface area contributed by atoms with E-state index in [1.165, 1.54) is 0 Å². The minimum Gasteiger partial charge on any atom is -0.481 e. The molecule has 0 aliphatic carbocycles. The van der Waals surface area contributed by atoms with Crippen LogP contribution in [-0.4, -0.2) is 23.4 Å². The van der Waals surface area contributed by atoms with Crippen LogP contribution < -0.4 is 4.74 Å². The minimum absolute atomic E-state index is 0.357. The van der Waals surface area contributed by atoms with Gasteiger partial charge in [-0.3, -0.25) is 4.79 Å². The molecule has 8 heteroatoms. The molecule has 1 unspecified atom stereocenters. The van der Waals surface area contributed by atoms with E-state index in [-0.39, 0.29) is 5.75 Å². The van der Waals surface area contributed by atoms with Crippen LogP contribution in [0.25, 0.3) is 0 Å². The van der Waals surface area contributed by atoms with Gasteiger partial charge in [-0.15, -0.1) is 0 Å². The molecule has 0 aliphatic rings. The quantitative estimate of drug-likeness (QED) is 0.864. The van der Waals surface area contributed by atoms with Gasteiger partial charge in [0, 0.05) is 6.07 Å². The summed E-state index contributed by atoms with van der Waals surface area (Å²) in [5, 5.41) is 7.94. The third-order valence-corrected chi connectivity index (χ3v) is 2.18. The van der Waals surface area contributed by atoms with Gasteiger partial charge in [0.25, 0.3) is 0 Å². The molecule has 3 nitrogen and oxygen atoms in total. The second-order valence-electron chi connectivity index (χ2n) is 3.32. The molecule has 1 N–H and O–H groups in total. The number of hydrogen-bond donors (Lipinski definition) is 1. The van der Waals surface area contributed by atoms with Crippen LogP contribution in [0, 0.1) is 5.82 Å². The molecule has 0 saturated heterocycles. The number of hydrogen-bond acceptors (Lipinski definition) is 2. The Balaban J connectivity index is 2.89. The Kier molecular flexibility index (Phi) is 4.39. The standard InChI is InChI=1S/C10H7ClF4O3/c11-6-3-5(1-2-7(6)12)18-8(4-9(16)17)10(13,14)15/h1-3,8H,4H2,(H,16,17). The lowest BCUT2D eigenvalue weighted by molar-refractivity contribution is -0.200. The number of halogens is 5. The monoisotopic (exact) mass is 286 g/mol. The van der Waals surface area contributed by atoms with Gasteiger partial charge in [0.1, 0.15) is 11.6 Å². The van der Waals surface area contributed by atoms with E-state index < -0.39 is 35.5 Å². The Hall–Kier alpha value is -1.50. The fraction of sp³-hybridized carbons (Fsp3) is 0.300. The summed E-state index contributed by atoms with van der Waals surface area (Å²) >= 11 is 5.36. The Morgan fingerprint density at radius 3 is 2.50 bits per heavy atom. The summed E-state index contributed by atoms with van der Waals surface area (Å²) in [6.45, 7) is 0. The number of carboxylic acids is 1. The topological polar surface area (TPSA) is 46.5 Å². The predicted octanol–water partition coefficient (Wildman–Crippen LogP) is 3.26. The summed E-state index contributed by atoms with van der Waals surface area (Å²) < 4.78 is 54.6. The van der Waals surface area contributed by atoms with E-state index in [1.54, 1.807) is 0 Å². The lowest BCUT2D eigenvalue weighted by Crippen LogP contribution is -2.36. The van der Waals surface area contributed by atoms with Crippen LogP contribution in [0.5, 0.6) is 5.75 Å². The van der Waals surface area contributed by atoms with Crippen molar-refractivity contribution in [1.29, 1.82) is 0 Å². The second-order valence-corrected chi connectivity index (χ2v) is 3.73. The van der Waals surface area contributed by atoms with Crippen molar-refractivity contribution < 1.29 is 32.2 Å². The molecule has 1 rings (SSSR count). The molecule has 1 aromatic rings. The summed E-state index contributed by atoms with van der Waals surface area (Å²) in [6, 6.07) is 2.60. The third kappa shape index (κ3) is 4.06. The Bertz CT molecular complexity index is 447. The van der Waals surface area contributed by atoms with Crippen molar-refractivity contribution in [2.75, 3.05) is 0 Å². The van der Waals surface area contributed by atoms with Gasteiger partial charge in [-0.05, 0) is 12.1 Å². The van der Waals surface area contributed by atoms with Crippen molar-refractivity contribution in [3.05, 3.63) is 29.0 Å². The summed E-state index contributed by atoms with van der Waals surface area (Å²) in [6.07, 6.45) is -8.62. The van der Waals surface area contributed by atoms with Crippen molar-refractivity contribution in [3.8, 4) is 5.75 Å². The van der Waals surface area contributed by atoms with Crippen molar-refractivity contribution in [3.63, 3.8) is 0 Å². The first-order valence-corrected chi connectivity index (χ1v) is 4.98. The van der Waals surface area contributed by atoms with E-state index in [1.807, 2.05) is 0 Å². The zero-order chi connectivity index (χ0) is 13.9. The van der Waals surface area contributed by atoms with Gasteiger partial charge in [-0.25, -0.2) is 4.39 Å². The number of ether oxygens (including phenoxy) is 1. The van der Waals surface area contributed by atoms with E-state index in [9.17, 15) is 22.4 Å². The molecule has 1 aromatic carbocycles. The highest BCUT2D eigenvalue weighted by molar-refractivity contribution is 6.30. The molecule has 0 amide bonds. The molecule has 1 atom stereocenters. The van der Waals surface area contributed by atoms with E-state index >= 15 is 0 Å². The predicted molar refractivity (Wildman–Crippen MR) is 54.1 cm³/mol. The molecule has 0 saturated carbocycles. The SMILES string of the molecule is O=C(O)CC(Oc1ccc(F)c(Cl)c1)C(F)(F)F. The fourth-order valence-electron chi connectivity index (χ4n) is 1.10. The molecule has 18 heavy (non-hydrogen) atoms. The molecule has 0 radical (unpaired) electrons. The highest BCUT2D eigenvalue weighted by atomic mass is 35.5. The van der Waals surface area contributed by atoms with Crippen molar-refractivity contribution >= 4 is 17.6 Å². The fourth-order valence-corrected chi connectivity index (χ4v) is 1.27. The number of benzene rings is 1. The average Bonchev–Trinajstić information content (AvgIpc) is 2.20. The highest BCUT2D eigenvalue weighted by Crippen LogP contribution is 2.29. The first-order valence-electron chi connectivity index (χ1n) is 4.60. The van der Waals surface area contributed by atoms with Crippen LogP contribution >= 0.6 is 11.6 Å². The third-order valence-electron chi connectivity index (χ3n) is 1.89. The summed E-state index contributed by atoms with van der Waals surface area (Å²) in [5.41, 5.74) is 0. The first kappa shape index (κ1) is 14.6. The molecular weight excluding hydrogens is 280 g/mol. The van der Waals surface area contributed by atoms with Crippen LogP contribution in [-0.2, 0) is 4.79 Å². The zero-order valence-electron chi connectivity index (χ0n) is 8.67.